The molecule has 0 aromatic heterocycles. The van der Waals surface area contributed by atoms with Crippen LogP contribution in [0.4, 0.5) is 5.69 Å². The molecule has 0 radical (unpaired) electrons. The third-order valence-electron chi connectivity index (χ3n) is 10.8. The van der Waals surface area contributed by atoms with Gasteiger partial charge in [-0.1, -0.05) is 81.4 Å². The van der Waals surface area contributed by atoms with Gasteiger partial charge >= 0.3 is 14.2 Å². The van der Waals surface area contributed by atoms with Crippen molar-refractivity contribution in [2.75, 3.05) is 4.90 Å². The Bertz CT molecular complexity index is 1360. The molecule has 7 heteroatoms. The third-order valence-corrected chi connectivity index (χ3v) is 10.8. The molecule has 2 fully saturated rings. The molecule has 2 aliphatic rings. The van der Waals surface area contributed by atoms with Crippen molar-refractivity contribution in [2.24, 2.45) is 0 Å². The SMILES string of the molecule is CC(c1ccc(B2OC(C)(C)C(C)(C)O2)cc1)N(c1ccc(C(C)(C)C)cc1)C(C)c1ccc(B2OC(C)(C)C(C)(C)O2)cc1. The van der Waals surface area contributed by atoms with Gasteiger partial charge in [-0.3, -0.25) is 0 Å². The number of nitrogens with zero attached hydrogens (tertiary/aromatic N) is 1. The lowest BCUT2D eigenvalue weighted by atomic mass is 9.78. The highest BCUT2D eigenvalue weighted by molar-refractivity contribution is 6.62. The van der Waals surface area contributed by atoms with Crippen LogP contribution in [0.5, 0.6) is 0 Å². The maximum absolute atomic E-state index is 6.32. The maximum Gasteiger partial charge on any atom is 0.494 e. The van der Waals surface area contributed by atoms with Gasteiger partial charge in [0.05, 0.1) is 34.5 Å². The van der Waals surface area contributed by atoms with E-state index >= 15 is 0 Å². The molecule has 5 nitrogen and oxygen atoms in total. The second-order valence-corrected chi connectivity index (χ2v) is 16.1. The summed E-state index contributed by atoms with van der Waals surface area (Å²) in [4.78, 5) is 2.51. The first-order chi connectivity index (χ1) is 20.7. The second-order valence-electron chi connectivity index (χ2n) is 16.1. The lowest BCUT2D eigenvalue weighted by molar-refractivity contribution is 0.00578. The molecule has 0 spiro atoms. The van der Waals surface area contributed by atoms with Crippen LogP contribution in [0.1, 0.15) is 119 Å². The third kappa shape index (κ3) is 6.52. The molecule has 45 heavy (non-hydrogen) atoms. The minimum atomic E-state index is -0.373. The van der Waals surface area contributed by atoms with Gasteiger partial charge in [0, 0.05) is 5.69 Å². The van der Waals surface area contributed by atoms with Crippen LogP contribution in [0.15, 0.2) is 72.8 Å². The Morgan fingerprint density at radius 2 is 0.822 bits per heavy atom. The van der Waals surface area contributed by atoms with E-state index in [4.69, 9.17) is 18.6 Å². The predicted octanol–water partition coefficient (Wildman–Crippen LogP) is 7.91. The van der Waals surface area contributed by atoms with Gasteiger partial charge in [-0.05, 0) is 114 Å². The van der Waals surface area contributed by atoms with Crippen LogP contribution < -0.4 is 15.8 Å². The summed E-state index contributed by atoms with van der Waals surface area (Å²) >= 11 is 0. The van der Waals surface area contributed by atoms with E-state index in [1.807, 2.05) is 0 Å². The van der Waals surface area contributed by atoms with E-state index < -0.39 is 0 Å². The Kier molecular flexibility index (Phi) is 8.70. The average Bonchev–Trinajstić information content (AvgIpc) is 3.32. The predicted molar refractivity (Wildman–Crippen MR) is 189 cm³/mol. The van der Waals surface area contributed by atoms with E-state index in [1.54, 1.807) is 0 Å². The lowest BCUT2D eigenvalue weighted by Crippen LogP contribution is -2.41. The Morgan fingerprint density at radius 1 is 0.511 bits per heavy atom. The van der Waals surface area contributed by atoms with Gasteiger partial charge in [-0.2, -0.15) is 0 Å². The van der Waals surface area contributed by atoms with Crippen LogP contribution in [0.2, 0.25) is 0 Å². The molecule has 2 aliphatic heterocycles. The number of benzene rings is 3. The van der Waals surface area contributed by atoms with Crippen molar-refractivity contribution < 1.29 is 18.6 Å². The number of hydrogen-bond donors (Lipinski definition) is 0. The van der Waals surface area contributed by atoms with E-state index in [9.17, 15) is 0 Å². The van der Waals surface area contributed by atoms with E-state index in [0.29, 0.717) is 0 Å². The van der Waals surface area contributed by atoms with Gasteiger partial charge in [0.1, 0.15) is 0 Å². The highest BCUT2D eigenvalue weighted by Crippen LogP contribution is 2.39. The molecule has 5 rings (SSSR count). The van der Waals surface area contributed by atoms with Crippen molar-refractivity contribution in [2.45, 2.75) is 130 Å². The summed E-state index contributed by atoms with van der Waals surface area (Å²) in [7, 11) is -0.747. The largest absolute Gasteiger partial charge is 0.494 e. The van der Waals surface area contributed by atoms with Crippen molar-refractivity contribution in [3.05, 3.63) is 89.5 Å². The fourth-order valence-electron chi connectivity index (χ4n) is 6.06. The van der Waals surface area contributed by atoms with Gasteiger partial charge in [0.2, 0.25) is 0 Å². The molecular formula is C38H53B2NO4. The Hall–Kier alpha value is -2.57. The highest BCUT2D eigenvalue weighted by atomic mass is 16.7. The Morgan fingerprint density at radius 3 is 1.11 bits per heavy atom. The van der Waals surface area contributed by atoms with Crippen molar-refractivity contribution in [3.8, 4) is 0 Å². The quantitative estimate of drug-likeness (QED) is 0.255. The zero-order valence-electron chi connectivity index (χ0n) is 29.8. The van der Waals surface area contributed by atoms with E-state index in [1.165, 1.54) is 22.4 Å². The zero-order valence-corrected chi connectivity index (χ0v) is 29.8. The second kappa shape index (κ2) is 11.6. The molecule has 2 saturated heterocycles. The number of rotatable bonds is 7. The molecular weight excluding hydrogens is 556 g/mol. The molecule has 3 aromatic rings. The molecule has 0 aliphatic carbocycles. The van der Waals surface area contributed by atoms with Crippen LogP contribution in [-0.2, 0) is 24.0 Å². The first kappa shape index (κ1) is 33.8. The van der Waals surface area contributed by atoms with Crippen molar-refractivity contribution in [1.29, 1.82) is 0 Å². The number of anilines is 1. The molecule has 2 heterocycles. The molecule has 240 valence electrons. The molecule has 2 unspecified atom stereocenters. The topological polar surface area (TPSA) is 40.2 Å². The van der Waals surface area contributed by atoms with Gasteiger partial charge < -0.3 is 23.5 Å². The first-order valence-corrected chi connectivity index (χ1v) is 16.5. The summed E-state index contributed by atoms with van der Waals surface area (Å²) in [5.41, 5.74) is 5.67. The summed E-state index contributed by atoms with van der Waals surface area (Å²) in [6.45, 7) is 28.1. The van der Waals surface area contributed by atoms with Crippen molar-refractivity contribution >= 4 is 30.8 Å². The van der Waals surface area contributed by atoms with E-state index in [0.717, 1.165) is 10.9 Å². The van der Waals surface area contributed by atoms with Crippen molar-refractivity contribution in [1.82, 2.24) is 0 Å². The van der Waals surface area contributed by atoms with Crippen LogP contribution >= 0.6 is 0 Å². The monoisotopic (exact) mass is 609 g/mol. The van der Waals surface area contributed by atoms with Crippen molar-refractivity contribution in [3.63, 3.8) is 0 Å². The van der Waals surface area contributed by atoms with Gasteiger partial charge in [0.25, 0.3) is 0 Å². The summed E-state index contributed by atoms with van der Waals surface area (Å²) < 4.78 is 25.3. The standard InChI is InChI=1S/C38H53B2NO4/c1-26(28-14-20-31(21-15-28)39-42-35(6,7)36(8,9)43-39)41(33-24-18-30(19-25-33)34(3,4)5)27(2)29-16-22-32(23-17-29)40-44-37(10,11)38(12,13)45-40/h14-27H,1-13H3. The average molecular weight is 609 g/mol. The molecule has 0 amide bonds. The van der Waals surface area contributed by atoms with Crippen LogP contribution in [0.3, 0.4) is 0 Å². The highest BCUT2D eigenvalue weighted by Gasteiger charge is 2.52. The number of hydrogen-bond acceptors (Lipinski definition) is 5. The normalized spacial score (nSPS) is 21.5. The zero-order chi connectivity index (χ0) is 33.2. The Labute approximate surface area is 273 Å². The van der Waals surface area contributed by atoms with Crippen LogP contribution in [0.25, 0.3) is 0 Å². The maximum atomic E-state index is 6.32. The van der Waals surface area contributed by atoms with E-state index in [-0.39, 0.29) is 54.1 Å². The smallest absolute Gasteiger partial charge is 0.399 e. The van der Waals surface area contributed by atoms with Crippen LogP contribution in [-0.4, -0.2) is 36.6 Å². The van der Waals surface area contributed by atoms with E-state index in [2.05, 4.69) is 168 Å². The molecule has 0 saturated carbocycles. The molecule has 0 N–H and O–H groups in total. The first-order valence-electron chi connectivity index (χ1n) is 16.5. The van der Waals surface area contributed by atoms with Gasteiger partial charge in [-0.25, -0.2) is 0 Å². The van der Waals surface area contributed by atoms with Gasteiger partial charge in [0.15, 0.2) is 0 Å². The Balaban J connectivity index is 1.43. The molecule has 0 bridgehead atoms. The fourth-order valence-corrected chi connectivity index (χ4v) is 6.06. The summed E-state index contributed by atoms with van der Waals surface area (Å²) in [5.74, 6) is 0. The molecule has 2 atom stereocenters. The summed E-state index contributed by atoms with van der Waals surface area (Å²) in [6.07, 6.45) is 0. The van der Waals surface area contributed by atoms with Gasteiger partial charge in [-0.15, -0.1) is 0 Å². The van der Waals surface area contributed by atoms with Crippen LogP contribution in [0, 0.1) is 0 Å². The summed E-state index contributed by atoms with van der Waals surface area (Å²) in [6, 6.07) is 26.8. The minimum Gasteiger partial charge on any atom is -0.399 e. The molecule has 3 aromatic carbocycles. The summed E-state index contributed by atoms with van der Waals surface area (Å²) in [5, 5.41) is 0. The lowest BCUT2D eigenvalue weighted by Gasteiger charge is -2.38. The fraction of sp³-hybridized carbons (Fsp3) is 0.526. The minimum absolute atomic E-state index is 0.0906.